The van der Waals surface area contributed by atoms with Crippen LogP contribution >= 0.6 is 34.5 Å². The monoisotopic (exact) mass is 300 g/mol. The van der Waals surface area contributed by atoms with E-state index < -0.39 is 0 Å². The highest BCUT2D eigenvalue weighted by Gasteiger charge is 2.04. The van der Waals surface area contributed by atoms with Gasteiger partial charge in [-0.05, 0) is 40.6 Å². The molecule has 0 radical (unpaired) electrons. The van der Waals surface area contributed by atoms with Gasteiger partial charge < -0.3 is 10.6 Å². The van der Waals surface area contributed by atoms with Gasteiger partial charge in [0, 0.05) is 12.2 Å². The topological polar surface area (TPSA) is 41.1 Å². The molecular formula is C12H10Cl2N2OS. The number of rotatable bonds is 3. The molecule has 1 aromatic carbocycles. The number of thiophene rings is 1. The zero-order chi connectivity index (χ0) is 13.0. The molecule has 0 spiro atoms. The zero-order valence-electron chi connectivity index (χ0n) is 9.24. The number of anilines is 1. The molecule has 2 amide bonds. The van der Waals surface area contributed by atoms with Gasteiger partial charge in [0.1, 0.15) is 0 Å². The molecule has 2 N–H and O–H groups in total. The van der Waals surface area contributed by atoms with Crippen molar-refractivity contribution in [2.45, 2.75) is 6.54 Å². The lowest BCUT2D eigenvalue weighted by atomic mass is 10.3. The minimum absolute atomic E-state index is 0.278. The van der Waals surface area contributed by atoms with Gasteiger partial charge in [0.15, 0.2) is 0 Å². The summed E-state index contributed by atoms with van der Waals surface area (Å²) in [6.07, 6.45) is 0. The molecule has 1 aromatic heterocycles. The smallest absolute Gasteiger partial charge is 0.319 e. The first-order chi connectivity index (χ1) is 8.65. The molecule has 1 heterocycles. The molecule has 0 atom stereocenters. The summed E-state index contributed by atoms with van der Waals surface area (Å²) in [5, 5.41) is 10.3. The third-order valence-corrected chi connectivity index (χ3v) is 3.68. The molecule has 0 fully saturated rings. The first-order valence-electron chi connectivity index (χ1n) is 5.16. The fourth-order valence-electron chi connectivity index (χ4n) is 1.32. The Labute approximate surface area is 119 Å². The van der Waals surface area contributed by atoms with Crippen molar-refractivity contribution in [1.29, 1.82) is 0 Å². The fraction of sp³-hybridized carbons (Fsp3) is 0.0833. The van der Waals surface area contributed by atoms with Gasteiger partial charge in [-0.25, -0.2) is 4.79 Å². The van der Waals surface area contributed by atoms with E-state index in [2.05, 4.69) is 10.6 Å². The van der Waals surface area contributed by atoms with Crippen LogP contribution in [0.15, 0.2) is 35.0 Å². The van der Waals surface area contributed by atoms with Crippen molar-refractivity contribution in [1.82, 2.24) is 5.32 Å². The average Bonchev–Trinajstić information content (AvgIpc) is 2.84. The van der Waals surface area contributed by atoms with Crippen molar-refractivity contribution in [3.63, 3.8) is 0 Å². The summed E-state index contributed by atoms with van der Waals surface area (Å²) in [5.41, 5.74) is 1.68. The maximum atomic E-state index is 11.6. The molecule has 94 valence electrons. The maximum absolute atomic E-state index is 11.6. The number of carbonyl (C=O) groups excluding carboxylic acids is 1. The van der Waals surface area contributed by atoms with Gasteiger partial charge in [0.05, 0.1) is 10.0 Å². The van der Waals surface area contributed by atoms with Gasteiger partial charge in [-0.15, -0.1) is 0 Å². The van der Waals surface area contributed by atoms with E-state index in [9.17, 15) is 4.79 Å². The highest BCUT2D eigenvalue weighted by Crippen LogP contribution is 2.24. The van der Waals surface area contributed by atoms with Crippen molar-refractivity contribution in [3.05, 3.63) is 50.6 Å². The fourth-order valence-corrected chi connectivity index (χ4v) is 2.29. The van der Waals surface area contributed by atoms with Crippen LogP contribution in [0.2, 0.25) is 10.0 Å². The molecular weight excluding hydrogens is 291 g/mol. The summed E-state index contributed by atoms with van der Waals surface area (Å²) in [4.78, 5) is 11.6. The normalized spacial score (nSPS) is 10.1. The highest BCUT2D eigenvalue weighted by atomic mass is 35.5. The molecule has 0 saturated heterocycles. The van der Waals surface area contributed by atoms with Crippen LogP contribution in [0.25, 0.3) is 0 Å². The van der Waals surface area contributed by atoms with E-state index in [0.29, 0.717) is 22.3 Å². The van der Waals surface area contributed by atoms with Crippen molar-refractivity contribution >= 4 is 46.3 Å². The van der Waals surface area contributed by atoms with Crippen LogP contribution in [0.5, 0.6) is 0 Å². The minimum atomic E-state index is -0.278. The van der Waals surface area contributed by atoms with Crippen LogP contribution in [0.4, 0.5) is 10.5 Å². The molecule has 2 rings (SSSR count). The lowest BCUT2D eigenvalue weighted by Crippen LogP contribution is -2.27. The van der Waals surface area contributed by atoms with Gasteiger partial charge in [0.2, 0.25) is 0 Å². The zero-order valence-corrected chi connectivity index (χ0v) is 11.6. The summed E-state index contributed by atoms with van der Waals surface area (Å²) < 4.78 is 0. The second kappa shape index (κ2) is 6.09. The molecule has 3 nitrogen and oxygen atoms in total. The van der Waals surface area contributed by atoms with Crippen molar-refractivity contribution in [3.8, 4) is 0 Å². The lowest BCUT2D eigenvalue weighted by molar-refractivity contribution is 0.252. The first kappa shape index (κ1) is 13.2. The van der Waals surface area contributed by atoms with Crippen LogP contribution in [0, 0.1) is 0 Å². The molecule has 0 aliphatic carbocycles. The van der Waals surface area contributed by atoms with Gasteiger partial charge >= 0.3 is 6.03 Å². The largest absolute Gasteiger partial charge is 0.334 e. The second-order valence-electron chi connectivity index (χ2n) is 3.57. The Morgan fingerprint density at radius 3 is 2.72 bits per heavy atom. The summed E-state index contributed by atoms with van der Waals surface area (Å²) in [7, 11) is 0. The number of benzene rings is 1. The SMILES string of the molecule is O=C(NCc1ccsc1)Nc1ccc(Cl)c(Cl)c1. The predicted octanol–water partition coefficient (Wildman–Crippen LogP) is 4.38. The Morgan fingerprint density at radius 2 is 2.06 bits per heavy atom. The summed E-state index contributed by atoms with van der Waals surface area (Å²) in [6, 6.07) is 6.62. The molecule has 2 aromatic rings. The molecule has 0 unspecified atom stereocenters. The highest BCUT2D eigenvalue weighted by molar-refractivity contribution is 7.07. The van der Waals surface area contributed by atoms with E-state index in [1.807, 2.05) is 16.8 Å². The maximum Gasteiger partial charge on any atom is 0.319 e. The van der Waals surface area contributed by atoms with E-state index in [4.69, 9.17) is 23.2 Å². The molecule has 6 heteroatoms. The second-order valence-corrected chi connectivity index (χ2v) is 5.16. The number of urea groups is 1. The van der Waals surface area contributed by atoms with Gasteiger partial charge in [-0.3, -0.25) is 0 Å². The Morgan fingerprint density at radius 1 is 1.22 bits per heavy atom. The Balaban J connectivity index is 1.88. The van der Waals surface area contributed by atoms with Gasteiger partial charge in [0.25, 0.3) is 0 Å². The molecule has 18 heavy (non-hydrogen) atoms. The first-order valence-corrected chi connectivity index (χ1v) is 6.86. The van der Waals surface area contributed by atoms with Crippen LogP contribution < -0.4 is 10.6 Å². The van der Waals surface area contributed by atoms with Gasteiger partial charge in [-0.2, -0.15) is 11.3 Å². The van der Waals surface area contributed by atoms with Crippen molar-refractivity contribution < 1.29 is 4.79 Å². The Kier molecular flexibility index (Phi) is 4.47. The van der Waals surface area contributed by atoms with E-state index in [-0.39, 0.29) is 6.03 Å². The standard InChI is InChI=1S/C12H10Cl2N2OS/c13-10-2-1-9(5-11(10)14)16-12(17)15-6-8-3-4-18-7-8/h1-5,7H,6H2,(H2,15,16,17). The molecule has 0 aliphatic rings. The van der Waals surface area contributed by atoms with E-state index in [0.717, 1.165) is 5.56 Å². The van der Waals surface area contributed by atoms with Crippen molar-refractivity contribution in [2.24, 2.45) is 0 Å². The number of nitrogens with one attached hydrogen (secondary N) is 2. The molecule has 0 bridgehead atoms. The summed E-state index contributed by atoms with van der Waals surface area (Å²) in [5.74, 6) is 0. The molecule has 0 saturated carbocycles. The predicted molar refractivity (Wildman–Crippen MR) is 76.6 cm³/mol. The Hall–Kier alpha value is -1.23. The minimum Gasteiger partial charge on any atom is -0.334 e. The number of carbonyl (C=O) groups is 1. The summed E-state index contributed by atoms with van der Waals surface area (Å²) >= 11 is 13.2. The van der Waals surface area contributed by atoms with E-state index >= 15 is 0 Å². The van der Waals surface area contributed by atoms with E-state index in [1.165, 1.54) is 0 Å². The van der Waals surface area contributed by atoms with Crippen LogP contribution in [0.1, 0.15) is 5.56 Å². The quantitative estimate of drug-likeness (QED) is 0.868. The van der Waals surface area contributed by atoms with Crippen LogP contribution in [0.3, 0.4) is 0 Å². The number of hydrogen-bond acceptors (Lipinski definition) is 2. The Bertz CT molecular complexity index is 543. The van der Waals surface area contributed by atoms with Crippen LogP contribution in [-0.4, -0.2) is 6.03 Å². The van der Waals surface area contributed by atoms with Crippen molar-refractivity contribution in [2.75, 3.05) is 5.32 Å². The third-order valence-electron chi connectivity index (χ3n) is 2.21. The average molecular weight is 301 g/mol. The number of amides is 2. The van der Waals surface area contributed by atoms with Crippen LogP contribution in [-0.2, 0) is 6.54 Å². The van der Waals surface area contributed by atoms with Gasteiger partial charge in [-0.1, -0.05) is 23.2 Å². The summed E-state index contributed by atoms with van der Waals surface area (Å²) in [6.45, 7) is 0.497. The number of hydrogen-bond donors (Lipinski definition) is 2. The third kappa shape index (κ3) is 3.63. The van der Waals surface area contributed by atoms with E-state index in [1.54, 1.807) is 29.5 Å². The number of halogens is 2. The molecule has 0 aliphatic heterocycles. The lowest BCUT2D eigenvalue weighted by Gasteiger charge is -2.07.